The van der Waals surface area contributed by atoms with Gasteiger partial charge in [-0.2, -0.15) is 13.2 Å². The molecular weight excluding hydrogens is 696 g/mol. The average molecular weight is 718 g/mol. The topological polar surface area (TPSA) is 69.9 Å². The Labute approximate surface area is 284 Å². The van der Waals surface area contributed by atoms with Gasteiger partial charge in [-0.1, -0.05) is 101 Å². The molecule has 0 bridgehead atoms. The van der Waals surface area contributed by atoms with Crippen LogP contribution in [0.4, 0.5) is 13.2 Å². The molecular formula is C34H22Cl3F3N2O4S. The molecule has 0 N–H and O–H groups in total. The number of ether oxygens (including phenoxy) is 2. The van der Waals surface area contributed by atoms with E-state index in [-0.39, 0.29) is 43.9 Å². The van der Waals surface area contributed by atoms with E-state index in [1.807, 2.05) is 42.5 Å². The lowest BCUT2D eigenvalue weighted by Gasteiger charge is -2.26. The number of hydrogen-bond acceptors (Lipinski definition) is 6. The van der Waals surface area contributed by atoms with E-state index in [1.54, 1.807) is 0 Å². The van der Waals surface area contributed by atoms with Gasteiger partial charge in [0, 0.05) is 15.6 Å². The number of carbonyl (C=O) groups excluding carboxylic acids is 1. The molecule has 0 amide bonds. The van der Waals surface area contributed by atoms with Crippen molar-refractivity contribution in [2.24, 2.45) is 4.99 Å². The standard InChI is InChI=1S/C34H22Cl3F3N2O4S/c1-2-45-32(44)27-28(19-10-12-22(35)13-11-19)42-31(43)26(47-33(42)41-30(27)34(38,39)40)15-21-14-23(36)16-25(37)29(21)46-17-20-8-5-7-18-6-3-4-9-24(18)20/h3-16,28H,2,17H2,1H3/b26-15-/t28-/m1/s1. The van der Waals surface area contributed by atoms with Gasteiger partial charge >= 0.3 is 12.1 Å². The zero-order valence-electron chi connectivity index (χ0n) is 24.3. The molecule has 1 aliphatic rings. The molecule has 5 aromatic rings. The number of halogens is 6. The number of thiazole rings is 1. The molecule has 0 radical (unpaired) electrons. The summed E-state index contributed by atoms with van der Waals surface area (Å²) in [5.74, 6) is -1.03. The van der Waals surface area contributed by atoms with Crippen molar-refractivity contribution in [2.45, 2.75) is 25.7 Å². The van der Waals surface area contributed by atoms with Crippen molar-refractivity contribution in [1.29, 1.82) is 0 Å². The first-order chi connectivity index (χ1) is 22.5. The first kappa shape index (κ1) is 32.8. The molecule has 6 rings (SSSR count). The molecule has 1 aliphatic heterocycles. The van der Waals surface area contributed by atoms with Crippen LogP contribution < -0.4 is 19.6 Å². The van der Waals surface area contributed by atoms with E-state index in [1.165, 1.54) is 49.4 Å². The Hall–Kier alpha value is -4.09. The monoisotopic (exact) mass is 716 g/mol. The van der Waals surface area contributed by atoms with Crippen molar-refractivity contribution >= 4 is 69.0 Å². The summed E-state index contributed by atoms with van der Waals surface area (Å²) in [6, 6.07) is 20.9. The number of esters is 1. The molecule has 4 aromatic carbocycles. The fourth-order valence-electron chi connectivity index (χ4n) is 5.35. The van der Waals surface area contributed by atoms with Crippen LogP contribution in [0, 0.1) is 0 Å². The minimum atomic E-state index is -5.04. The van der Waals surface area contributed by atoms with Crippen LogP contribution in [0.2, 0.25) is 15.1 Å². The molecule has 13 heteroatoms. The molecule has 0 unspecified atom stereocenters. The van der Waals surface area contributed by atoms with Gasteiger partial charge in [-0.25, -0.2) is 9.79 Å². The predicted octanol–water partition coefficient (Wildman–Crippen LogP) is 8.03. The summed E-state index contributed by atoms with van der Waals surface area (Å²) in [5, 5.41) is 2.73. The minimum absolute atomic E-state index is 0.00249. The van der Waals surface area contributed by atoms with Gasteiger partial charge in [0.2, 0.25) is 0 Å². The van der Waals surface area contributed by atoms with Crippen LogP contribution in [-0.4, -0.2) is 23.3 Å². The summed E-state index contributed by atoms with van der Waals surface area (Å²) >= 11 is 19.7. The third-order valence-corrected chi connectivity index (χ3v) is 9.09. The largest absolute Gasteiger partial charge is 0.487 e. The Morgan fingerprint density at radius 1 is 1.00 bits per heavy atom. The predicted molar refractivity (Wildman–Crippen MR) is 177 cm³/mol. The van der Waals surface area contributed by atoms with E-state index >= 15 is 0 Å². The van der Waals surface area contributed by atoms with Crippen molar-refractivity contribution in [1.82, 2.24) is 4.57 Å². The highest BCUT2D eigenvalue weighted by Crippen LogP contribution is 2.39. The second-order valence-electron chi connectivity index (χ2n) is 10.3. The summed E-state index contributed by atoms with van der Waals surface area (Å²) in [6.45, 7) is 1.40. The lowest BCUT2D eigenvalue weighted by Crippen LogP contribution is -2.41. The maximum absolute atomic E-state index is 14.4. The second-order valence-corrected chi connectivity index (χ2v) is 12.6. The normalized spacial score (nSPS) is 15.0. The zero-order valence-corrected chi connectivity index (χ0v) is 27.4. The number of nitrogens with zero attached hydrogens (tertiary/aromatic N) is 2. The highest BCUT2D eigenvalue weighted by Gasteiger charge is 2.45. The first-order valence-electron chi connectivity index (χ1n) is 14.1. The number of benzene rings is 4. The summed E-state index contributed by atoms with van der Waals surface area (Å²) in [4.78, 5) is 30.7. The Kier molecular flexibility index (Phi) is 9.22. The van der Waals surface area contributed by atoms with Crippen LogP contribution in [0.5, 0.6) is 5.75 Å². The third kappa shape index (κ3) is 6.56. The number of carbonyl (C=O) groups is 1. The van der Waals surface area contributed by atoms with Gasteiger partial charge in [-0.15, -0.1) is 0 Å². The third-order valence-electron chi connectivity index (χ3n) is 7.36. The van der Waals surface area contributed by atoms with Crippen molar-refractivity contribution in [3.8, 4) is 5.75 Å². The lowest BCUT2D eigenvalue weighted by molar-refractivity contribution is -0.140. The Morgan fingerprint density at radius 2 is 1.72 bits per heavy atom. The summed E-state index contributed by atoms with van der Waals surface area (Å²) in [6.07, 6.45) is -3.61. The zero-order chi connectivity index (χ0) is 33.5. The van der Waals surface area contributed by atoms with Gasteiger partial charge in [0.1, 0.15) is 12.4 Å². The van der Waals surface area contributed by atoms with E-state index in [9.17, 15) is 22.8 Å². The summed E-state index contributed by atoms with van der Waals surface area (Å²) in [7, 11) is 0. The van der Waals surface area contributed by atoms with E-state index in [2.05, 4.69) is 4.99 Å². The molecule has 0 saturated heterocycles. The minimum Gasteiger partial charge on any atom is -0.487 e. The van der Waals surface area contributed by atoms with Crippen LogP contribution in [0.25, 0.3) is 16.8 Å². The molecule has 0 spiro atoms. The molecule has 1 aromatic heterocycles. The van der Waals surface area contributed by atoms with E-state index in [0.29, 0.717) is 21.9 Å². The van der Waals surface area contributed by atoms with Crippen molar-refractivity contribution in [3.05, 3.63) is 142 Å². The molecule has 0 fully saturated rings. The van der Waals surface area contributed by atoms with Gasteiger partial charge in [-0.05, 0) is 59.2 Å². The Bertz CT molecular complexity index is 2240. The van der Waals surface area contributed by atoms with Gasteiger partial charge in [-0.3, -0.25) is 9.36 Å². The van der Waals surface area contributed by atoms with E-state index in [4.69, 9.17) is 44.3 Å². The maximum Gasteiger partial charge on any atom is 0.434 e. The Morgan fingerprint density at radius 3 is 2.45 bits per heavy atom. The molecule has 1 atom stereocenters. The van der Waals surface area contributed by atoms with Crippen molar-refractivity contribution in [3.63, 3.8) is 0 Å². The first-order valence-corrected chi connectivity index (χ1v) is 16.1. The molecule has 47 heavy (non-hydrogen) atoms. The number of allylic oxidation sites excluding steroid dienone is 1. The van der Waals surface area contributed by atoms with Gasteiger partial charge in [0.25, 0.3) is 5.56 Å². The number of aromatic nitrogens is 1. The highest BCUT2D eigenvalue weighted by molar-refractivity contribution is 7.07. The highest BCUT2D eigenvalue weighted by atomic mass is 35.5. The Balaban J connectivity index is 1.52. The molecule has 0 saturated carbocycles. The van der Waals surface area contributed by atoms with Crippen molar-refractivity contribution < 1.29 is 27.4 Å². The molecule has 0 aliphatic carbocycles. The SMILES string of the molecule is CCOC(=O)C1=C(C(F)(F)F)N=c2s/c(=C\c3cc(Cl)cc(Cl)c3OCc3cccc4ccccc34)c(=O)n2[C@@H]1c1ccc(Cl)cc1. The van der Waals surface area contributed by atoms with Crippen LogP contribution in [0.1, 0.15) is 29.7 Å². The average Bonchev–Trinajstić information content (AvgIpc) is 3.34. The van der Waals surface area contributed by atoms with E-state index in [0.717, 1.165) is 20.9 Å². The van der Waals surface area contributed by atoms with Crippen LogP contribution in [-0.2, 0) is 16.1 Å². The van der Waals surface area contributed by atoms with Gasteiger partial charge in [0.05, 0.1) is 27.8 Å². The number of hydrogen-bond donors (Lipinski definition) is 0. The lowest BCUT2D eigenvalue weighted by atomic mass is 9.95. The van der Waals surface area contributed by atoms with Gasteiger partial charge in [0.15, 0.2) is 10.5 Å². The molecule has 240 valence electrons. The fraction of sp³-hybridized carbons (Fsp3) is 0.147. The number of rotatable bonds is 7. The van der Waals surface area contributed by atoms with Crippen LogP contribution in [0.15, 0.2) is 99.9 Å². The maximum atomic E-state index is 14.4. The molecule has 6 nitrogen and oxygen atoms in total. The number of alkyl halides is 3. The van der Waals surface area contributed by atoms with Crippen molar-refractivity contribution in [2.75, 3.05) is 6.61 Å². The van der Waals surface area contributed by atoms with Crippen LogP contribution in [0.3, 0.4) is 0 Å². The van der Waals surface area contributed by atoms with E-state index < -0.39 is 35.0 Å². The smallest absolute Gasteiger partial charge is 0.434 e. The fourth-order valence-corrected chi connectivity index (χ4v) is 7.03. The molecule has 2 heterocycles. The number of fused-ring (bicyclic) bond motifs is 2. The van der Waals surface area contributed by atoms with Gasteiger partial charge < -0.3 is 9.47 Å². The van der Waals surface area contributed by atoms with Crippen LogP contribution >= 0.6 is 46.1 Å². The quantitative estimate of drug-likeness (QED) is 0.160. The summed E-state index contributed by atoms with van der Waals surface area (Å²) in [5.41, 5.74) is -1.57. The second kappa shape index (κ2) is 13.2. The summed E-state index contributed by atoms with van der Waals surface area (Å²) < 4.78 is 55.6.